The molecule has 116 valence electrons. The lowest BCUT2D eigenvalue weighted by atomic mass is 10.1. The van der Waals surface area contributed by atoms with Crippen LogP contribution in [0.3, 0.4) is 0 Å². The standard InChI is InChI=1S/C14H20F2N4O/c1-3-19(9-4-5-9)14(21)10-7-17-20-11(12(15)16)6-8(2)18-13(10)20/h7-9,11-12,18H,3-6H2,1-2H3/t8-,11-/m0/s1. The largest absolute Gasteiger partial charge is 0.367 e. The van der Waals surface area contributed by atoms with Gasteiger partial charge in [0.1, 0.15) is 17.4 Å². The molecule has 2 heterocycles. The first-order chi connectivity index (χ1) is 10.0. The maximum Gasteiger partial charge on any atom is 0.260 e. The molecule has 1 fully saturated rings. The highest BCUT2D eigenvalue weighted by atomic mass is 19.3. The summed E-state index contributed by atoms with van der Waals surface area (Å²) in [7, 11) is 0. The molecule has 7 heteroatoms. The average Bonchev–Trinajstić information content (AvgIpc) is 3.17. The zero-order valence-electron chi connectivity index (χ0n) is 12.2. The van der Waals surface area contributed by atoms with Crippen LogP contribution < -0.4 is 5.32 Å². The van der Waals surface area contributed by atoms with Crippen molar-refractivity contribution in [1.82, 2.24) is 14.7 Å². The minimum absolute atomic E-state index is 0.101. The summed E-state index contributed by atoms with van der Waals surface area (Å²) in [5.41, 5.74) is 0.404. The van der Waals surface area contributed by atoms with E-state index < -0.39 is 12.5 Å². The molecule has 1 amide bonds. The van der Waals surface area contributed by atoms with Gasteiger partial charge in [0.2, 0.25) is 0 Å². The van der Waals surface area contributed by atoms with Crippen LogP contribution in [-0.4, -0.2) is 45.6 Å². The van der Waals surface area contributed by atoms with Crippen LogP contribution in [-0.2, 0) is 0 Å². The van der Waals surface area contributed by atoms with Gasteiger partial charge < -0.3 is 10.2 Å². The predicted octanol–water partition coefficient (Wildman–Crippen LogP) is 2.52. The van der Waals surface area contributed by atoms with Crippen LogP contribution in [0.2, 0.25) is 0 Å². The van der Waals surface area contributed by atoms with Crippen LogP contribution in [0.15, 0.2) is 6.20 Å². The van der Waals surface area contributed by atoms with E-state index in [2.05, 4.69) is 10.4 Å². The Balaban J connectivity index is 1.93. The first kappa shape index (κ1) is 14.3. The fourth-order valence-corrected chi connectivity index (χ4v) is 2.99. The molecular weight excluding hydrogens is 278 g/mol. The summed E-state index contributed by atoms with van der Waals surface area (Å²) in [6.45, 7) is 4.41. The normalized spacial score (nSPS) is 24.6. The lowest BCUT2D eigenvalue weighted by Crippen LogP contribution is -2.36. The number of nitrogens with one attached hydrogen (secondary N) is 1. The smallest absolute Gasteiger partial charge is 0.260 e. The van der Waals surface area contributed by atoms with Gasteiger partial charge in [-0.3, -0.25) is 4.79 Å². The van der Waals surface area contributed by atoms with Crippen molar-refractivity contribution in [3.8, 4) is 0 Å². The fourth-order valence-electron chi connectivity index (χ4n) is 2.99. The Morgan fingerprint density at radius 3 is 2.86 bits per heavy atom. The molecule has 0 saturated heterocycles. The van der Waals surface area contributed by atoms with Crippen LogP contribution in [0.1, 0.15) is 49.5 Å². The summed E-state index contributed by atoms with van der Waals surface area (Å²) in [5.74, 6) is 0.319. The molecule has 1 aliphatic heterocycles. The lowest BCUT2D eigenvalue weighted by Gasteiger charge is -2.30. The summed E-state index contributed by atoms with van der Waals surface area (Å²) < 4.78 is 27.6. The van der Waals surface area contributed by atoms with Gasteiger partial charge in [0.05, 0.1) is 6.20 Å². The molecule has 0 radical (unpaired) electrons. The average molecular weight is 298 g/mol. The van der Waals surface area contributed by atoms with Gasteiger partial charge in [-0.2, -0.15) is 5.10 Å². The fraction of sp³-hybridized carbons (Fsp3) is 0.714. The minimum Gasteiger partial charge on any atom is -0.367 e. The Morgan fingerprint density at radius 1 is 1.57 bits per heavy atom. The topological polar surface area (TPSA) is 50.2 Å². The van der Waals surface area contributed by atoms with Crippen molar-refractivity contribution >= 4 is 11.7 Å². The van der Waals surface area contributed by atoms with E-state index in [-0.39, 0.29) is 11.9 Å². The minimum atomic E-state index is -2.48. The second kappa shape index (κ2) is 5.27. The molecule has 5 nitrogen and oxygen atoms in total. The number of amides is 1. The number of fused-ring (bicyclic) bond motifs is 1. The number of anilines is 1. The zero-order valence-corrected chi connectivity index (χ0v) is 12.2. The summed E-state index contributed by atoms with van der Waals surface area (Å²) in [4.78, 5) is 14.4. The van der Waals surface area contributed by atoms with Gasteiger partial charge in [-0.1, -0.05) is 0 Å². The number of nitrogens with zero attached hydrogens (tertiary/aromatic N) is 3. The van der Waals surface area contributed by atoms with E-state index >= 15 is 0 Å². The quantitative estimate of drug-likeness (QED) is 0.929. The van der Waals surface area contributed by atoms with Crippen LogP contribution >= 0.6 is 0 Å². The van der Waals surface area contributed by atoms with E-state index in [1.54, 1.807) is 4.90 Å². The van der Waals surface area contributed by atoms with Gasteiger partial charge in [0, 0.05) is 18.6 Å². The number of carbonyl (C=O) groups excluding carboxylic acids is 1. The van der Waals surface area contributed by atoms with Crippen molar-refractivity contribution in [3.63, 3.8) is 0 Å². The second-order valence-electron chi connectivity index (χ2n) is 5.86. The van der Waals surface area contributed by atoms with Gasteiger partial charge in [0.15, 0.2) is 0 Å². The number of hydrogen-bond donors (Lipinski definition) is 1. The molecule has 1 saturated carbocycles. The summed E-state index contributed by atoms with van der Waals surface area (Å²) in [5, 5.41) is 7.17. The summed E-state index contributed by atoms with van der Waals surface area (Å²) in [6.07, 6.45) is 1.28. The number of carbonyl (C=O) groups is 1. The molecule has 21 heavy (non-hydrogen) atoms. The number of alkyl halides is 2. The molecular formula is C14H20F2N4O. The van der Waals surface area contributed by atoms with E-state index in [1.165, 1.54) is 10.9 Å². The third-order valence-electron chi connectivity index (χ3n) is 4.20. The molecule has 2 atom stereocenters. The monoisotopic (exact) mass is 298 g/mol. The Labute approximate surface area is 122 Å². The molecule has 1 aromatic heterocycles. The van der Waals surface area contributed by atoms with Crippen molar-refractivity contribution in [1.29, 1.82) is 0 Å². The summed E-state index contributed by atoms with van der Waals surface area (Å²) >= 11 is 0. The zero-order chi connectivity index (χ0) is 15.1. The molecule has 1 aliphatic carbocycles. The molecule has 0 aromatic carbocycles. The maximum atomic E-state index is 13.2. The summed E-state index contributed by atoms with van der Waals surface area (Å²) in [6, 6.07) is -0.769. The molecule has 2 aliphatic rings. The van der Waals surface area contributed by atoms with Crippen molar-refractivity contribution in [2.45, 2.75) is 57.7 Å². The third kappa shape index (κ3) is 2.49. The first-order valence-electron chi connectivity index (χ1n) is 7.46. The van der Waals surface area contributed by atoms with E-state index in [4.69, 9.17) is 0 Å². The van der Waals surface area contributed by atoms with Crippen LogP contribution in [0.25, 0.3) is 0 Å². The molecule has 1 N–H and O–H groups in total. The van der Waals surface area contributed by atoms with Crippen LogP contribution in [0.5, 0.6) is 0 Å². The Kier molecular flexibility index (Phi) is 3.59. The highest BCUT2D eigenvalue weighted by molar-refractivity contribution is 5.99. The Hall–Kier alpha value is -1.66. The van der Waals surface area contributed by atoms with E-state index in [0.29, 0.717) is 30.4 Å². The van der Waals surface area contributed by atoms with E-state index in [1.807, 2.05) is 13.8 Å². The highest BCUT2D eigenvalue weighted by Crippen LogP contribution is 2.35. The van der Waals surface area contributed by atoms with E-state index in [0.717, 1.165) is 12.8 Å². The number of halogens is 2. The number of hydrogen-bond acceptors (Lipinski definition) is 3. The molecule has 3 rings (SSSR count). The Morgan fingerprint density at radius 2 is 2.29 bits per heavy atom. The lowest BCUT2D eigenvalue weighted by molar-refractivity contribution is 0.0661. The van der Waals surface area contributed by atoms with Crippen LogP contribution in [0, 0.1) is 0 Å². The first-order valence-corrected chi connectivity index (χ1v) is 7.46. The number of aromatic nitrogens is 2. The molecule has 0 unspecified atom stereocenters. The second-order valence-corrected chi connectivity index (χ2v) is 5.86. The van der Waals surface area contributed by atoms with Crippen molar-refractivity contribution in [3.05, 3.63) is 11.8 Å². The third-order valence-corrected chi connectivity index (χ3v) is 4.20. The van der Waals surface area contributed by atoms with Crippen LogP contribution in [0.4, 0.5) is 14.6 Å². The van der Waals surface area contributed by atoms with Gasteiger partial charge >= 0.3 is 0 Å². The van der Waals surface area contributed by atoms with Gasteiger partial charge in [-0.25, -0.2) is 13.5 Å². The maximum absolute atomic E-state index is 13.2. The highest BCUT2D eigenvalue weighted by Gasteiger charge is 2.37. The van der Waals surface area contributed by atoms with Gasteiger partial charge in [-0.15, -0.1) is 0 Å². The number of rotatable bonds is 4. The van der Waals surface area contributed by atoms with Crippen molar-refractivity contribution in [2.75, 3.05) is 11.9 Å². The molecule has 1 aromatic rings. The van der Waals surface area contributed by atoms with Gasteiger partial charge in [0.25, 0.3) is 12.3 Å². The molecule has 0 bridgehead atoms. The van der Waals surface area contributed by atoms with Crippen molar-refractivity contribution in [2.24, 2.45) is 0 Å². The molecule has 0 spiro atoms. The van der Waals surface area contributed by atoms with E-state index in [9.17, 15) is 13.6 Å². The predicted molar refractivity (Wildman–Crippen MR) is 74.7 cm³/mol. The SMILES string of the molecule is CCN(C(=O)c1cnn2c1N[C@@H](C)C[C@H]2C(F)F)C1CC1. The van der Waals surface area contributed by atoms with Gasteiger partial charge in [-0.05, 0) is 33.1 Å². The Bertz CT molecular complexity index is 541. The van der Waals surface area contributed by atoms with Crippen molar-refractivity contribution < 1.29 is 13.6 Å².